The van der Waals surface area contributed by atoms with Crippen LogP contribution >= 0.6 is 0 Å². The summed E-state index contributed by atoms with van der Waals surface area (Å²) in [5, 5.41) is 17.1. The van der Waals surface area contributed by atoms with Gasteiger partial charge in [0.2, 0.25) is 0 Å². The van der Waals surface area contributed by atoms with Crippen LogP contribution in [0.15, 0.2) is 30.3 Å². The SMILES string of the molecule is N#CCCN(CCC#N)C(=O)COC(=O)c1ccccc1. The van der Waals surface area contributed by atoms with Crippen LogP contribution < -0.4 is 0 Å². The van der Waals surface area contributed by atoms with Gasteiger partial charge in [-0.25, -0.2) is 4.79 Å². The lowest BCUT2D eigenvalue weighted by molar-refractivity contribution is -0.134. The topological polar surface area (TPSA) is 94.2 Å². The monoisotopic (exact) mass is 285 g/mol. The van der Waals surface area contributed by atoms with Gasteiger partial charge in [0.15, 0.2) is 6.61 Å². The number of carbonyl (C=O) groups excluding carboxylic acids is 2. The first-order chi connectivity index (χ1) is 10.2. The molecular weight excluding hydrogens is 270 g/mol. The summed E-state index contributed by atoms with van der Waals surface area (Å²) in [7, 11) is 0. The molecule has 0 fully saturated rings. The first kappa shape index (κ1) is 16.2. The van der Waals surface area contributed by atoms with E-state index in [4.69, 9.17) is 15.3 Å². The van der Waals surface area contributed by atoms with Gasteiger partial charge in [-0.15, -0.1) is 0 Å². The quantitative estimate of drug-likeness (QED) is 0.707. The molecule has 6 nitrogen and oxygen atoms in total. The van der Waals surface area contributed by atoms with E-state index in [-0.39, 0.29) is 25.9 Å². The first-order valence-electron chi connectivity index (χ1n) is 6.43. The summed E-state index contributed by atoms with van der Waals surface area (Å²) in [5.74, 6) is -0.991. The Morgan fingerprint density at radius 2 is 1.62 bits per heavy atom. The highest BCUT2D eigenvalue weighted by atomic mass is 16.5. The van der Waals surface area contributed by atoms with Gasteiger partial charge in [0.05, 0.1) is 30.5 Å². The van der Waals surface area contributed by atoms with Crippen LogP contribution in [0.1, 0.15) is 23.2 Å². The summed E-state index contributed by atoms with van der Waals surface area (Å²) in [5.41, 5.74) is 0.367. The molecule has 0 aliphatic rings. The Morgan fingerprint density at radius 1 is 1.05 bits per heavy atom. The predicted molar refractivity (Wildman–Crippen MR) is 73.8 cm³/mol. The van der Waals surface area contributed by atoms with Crippen LogP contribution in [0, 0.1) is 22.7 Å². The molecule has 0 atom stereocenters. The maximum Gasteiger partial charge on any atom is 0.338 e. The van der Waals surface area contributed by atoms with Gasteiger partial charge >= 0.3 is 5.97 Å². The lowest BCUT2D eigenvalue weighted by Crippen LogP contribution is -2.36. The van der Waals surface area contributed by atoms with Crippen LogP contribution in [0.5, 0.6) is 0 Å². The van der Waals surface area contributed by atoms with E-state index >= 15 is 0 Å². The second-order valence-electron chi connectivity index (χ2n) is 4.14. The second-order valence-corrected chi connectivity index (χ2v) is 4.14. The Labute approximate surface area is 123 Å². The van der Waals surface area contributed by atoms with E-state index in [0.717, 1.165) is 0 Å². The lowest BCUT2D eigenvalue weighted by atomic mass is 10.2. The molecule has 1 aromatic rings. The van der Waals surface area contributed by atoms with Gasteiger partial charge in [0, 0.05) is 13.1 Å². The number of benzene rings is 1. The van der Waals surface area contributed by atoms with Crippen LogP contribution in [0.25, 0.3) is 0 Å². The van der Waals surface area contributed by atoms with E-state index < -0.39 is 18.5 Å². The van der Waals surface area contributed by atoms with Crippen molar-refractivity contribution in [1.29, 1.82) is 10.5 Å². The van der Waals surface area contributed by atoms with E-state index in [1.807, 2.05) is 12.1 Å². The maximum atomic E-state index is 11.9. The molecule has 0 radical (unpaired) electrons. The molecule has 6 heteroatoms. The van der Waals surface area contributed by atoms with Crippen molar-refractivity contribution in [3.8, 4) is 12.1 Å². The molecule has 0 saturated heterocycles. The molecule has 1 aromatic carbocycles. The standard InChI is InChI=1S/C15H15N3O3/c16-8-4-10-18(11-5-9-17)14(19)12-21-15(20)13-6-2-1-3-7-13/h1-3,6-7H,4-5,10-12H2. The third-order valence-corrected chi connectivity index (χ3v) is 2.68. The normalized spacial score (nSPS) is 9.24. The Kier molecular flexibility index (Phi) is 7.02. The van der Waals surface area contributed by atoms with Gasteiger partial charge in [0.25, 0.3) is 5.91 Å². The second kappa shape index (κ2) is 9.11. The highest BCUT2D eigenvalue weighted by Gasteiger charge is 2.15. The zero-order chi connectivity index (χ0) is 15.5. The minimum absolute atomic E-state index is 0.170. The smallest absolute Gasteiger partial charge is 0.338 e. The molecule has 0 aliphatic heterocycles. The van der Waals surface area contributed by atoms with Crippen LogP contribution in [0.4, 0.5) is 0 Å². The number of rotatable bonds is 7. The third kappa shape index (κ3) is 5.75. The lowest BCUT2D eigenvalue weighted by Gasteiger charge is -2.20. The van der Waals surface area contributed by atoms with E-state index in [2.05, 4.69) is 0 Å². The number of ether oxygens (including phenoxy) is 1. The zero-order valence-electron chi connectivity index (χ0n) is 11.5. The molecule has 0 aliphatic carbocycles. The molecule has 108 valence electrons. The van der Waals surface area contributed by atoms with E-state index in [1.165, 1.54) is 4.90 Å². The molecule has 0 N–H and O–H groups in total. The molecule has 0 bridgehead atoms. The van der Waals surface area contributed by atoms with Crippen molar-refractivity contribution < 1.29 is 14.3 Å². The van der Waals surface area contributed by atoms with Gasteiger partial charge in [-0.05, 0) is 12.1 Å². The highest BCUT2D eigenvalue weighted by Crippen LogP contribution is 2.02. The summed E-state index contributed by atoms with van der Waals surface area (Å²) >= 11 is 0. The van der Waals surface area contributed by atoms with Crippen molar-refractivity contribution in [1.82, 2.24) is 4.90 Å². The number of hydrogen-bond acceptors (Lipinski definition) is 5. The Morgan fingerprint density at radius 3 is 2.14 bits per heavy atom. The van der Waals surface area contributed by atoms with Crippen molar-refractivity contribution in [3.63, 3.8) is 0 Å². The summed E-state index contributed by atoms with van der Waals surface area (Å²) in [4.78, 5) is 25.0. The fourth-order valence-electron chi connectivity index (χ4n) is 1.61. The maximum absolute atomic E-state index is 11.9. The highest BCUT2D eigenvalue weighted by molar-refractivity contribution is 5.91. The van der Waals surface area contributed by atoms with Crippen molar-refractivity contribution in [2.75, 3.05) is 19.7 Å². The van der Waals surface area contributed by atoms with Crippen LogP contribution in [0.2, 0.25) is 0 Å². The van der Waals surface area contributed by atoms with Gasteiger partial charge in [-0.3, -0.25) is 4.79 Å². The van der Waals surface area contributed by atoms with Crippen LogP contribution in [-0.2, 0) is 9.53 Å². The largest absolute Gasteiger partial charge is 0.452 e. The Balaban J connectivity index is 2.51. The molecule has 0 heterocycles. The molecule has 0 aromatic heterocycles. The average molecular weight is 285 g/mol. The zero-order valence-corrected chi connectivity index (χ0v) is 11.5. The van der Waals surface area contributed by atoms with Crippen LogP contribution in [0.3, 0.4) is 0 Å². The van der Waals surface area contributed by atoms with E-state index in [0.29, 0.717) is 5.56 Å². The van der Waals surface area contributed by atoms with Gasteiger partial charge < -0.3 is 9.64 Å². The van der Waals surface area contributed by atoms with Crippen molar-refractivity contribution >= 4 is 11.9 Å². The minimum Gasteiger partial charge on any atom is -0.452 e. The predicted octanol–water partition coefficient (Wildman–Crippen LogP) is 1.50. The van der Waals surface area contributed by atoms with Crippen molar-refractivity contribution in [2.45, 2.75) is 12.8 Å². The number of nitrogens with zero attached hydrogens (tertiary/aromatic N) is 3. The number of hydrogen-bond donors (Lipinski definition) is 0. The summed E-state index contributed by atoms with van der Waals surface area (Å²) < 4.78 is 4.93. The Bertz CT molecular complexity index is 540. The fraction of sp³-hybridized carbons (Fsp3) is 0.333. The Hall–Kier alpha value is -2.86. The first-order valence-corrected chi connectivity index (χ1v) is 6.43. The van der Waals surface area contributed by atoms with E-state index in [9.17, 15) is 9.59 Å². The van der Waals surface area contributed by atoms with Crippen molar-refractivity contribution in [2.24, 2.45) is 0 Å². The van der Waals surface area contributed by atoms with Gasteiger partial charge in [0.1, 0.15) is 0 Å². The summed E-state index contributed by atoms with van der Waals surface area (Å²) in [6.45, 7) is 0.0460. The molecular formula is C15H15N3O3. The summed E-state index contributed by atoms with van der Waals surface area (Å²) in [6.07, 6.45) is 0.341. The summed E-state index contributed by atoms with van der Waals surface area (Å²) in [6, 6.07) is 12.2. The molecule has 0 saturated carbocycles. The molecule has 1 rings (SSSR count). The number of carbonyl (C=O) groups is 2. The van der Waals surface area contributed by atoms with Gasteiger partial charge in [-0.1, -0.05) is 18.2 Å². The third-order valence-electron chi connectivity index (χ3n) is 2.68. The molecule has 0 unspecified atom stereocenters. The number of esters is 1. The molecule has 21 heavy (non-hydrogen) atoms. The van der Waals surface area contributed by atoms with Crippen LogP contribution in [-0.4, -0.2) is 36.5 Å². The number of nitriles is 2. The average Bonchev–Trinajstić information content (AvgIpc) is 2.53. The number of amides is 1. The molecule has 1 amide bonds. The fourth-order valence-corrected chi connectivity index (χ4v) is 1.61. The van der Waals surface area contributed by atoms with Gasteiger partial charge in [-0.2, -0.15) is 10.5 Å². The molecule has 0 spiro atoms. The van der Waals surface area contributed by atoms with E-state index in [1.54, 1.807) is 30.3 Å². The minimum atomic E-state index is -0.579. The van der Waals surface area contributed by atoms with Crippen molar-refractivity contribution in [3.05, 3.63) is 35.9 Å².